The van der Waals surface area contributed by atoms with Crippen LogP contribution in [-0.4, -0.2) is 18.4 Å². The molecule has 1 aliphatic carbocycles. The van der Waals surface area contributed by atoms with Gasteiger partial charge in [-0.3, -0.25) is 4.79 Å². The Kier molecular flexibility index (Phi) is 7.22. The molecule has 0 unspecified atom stereocenters. The number of benzene rings is 3. The van der Waals surface area contributed by atoms with Crippen LogP contribution in [0.1, 0.15) is 55.2 Å². The van der Waals surface area contributed by atoms with Crippen molar-refractivity contribution in [2.75, 3.05) is 6.61 Å². The van der Waals surface area contributed by atoms with Crippen LogP contribution in [0.4, 0.5) is 0 Å². The van der Waals surface area contributed by atoms with Crippen LogP contribution < -0.4 is 10.1 Å². The number of rotatable bonds is 7. The van der Waals surface area contributed by atoms with Gasteiger partial charge in [0.15, 0.2) is 5.78 Å². The molecule has 3 aromatic carbocycles. The van der Waals surface area contributed by atoms with E-state index in [1.54, 1.807) is 0 Å². The lowest BCUT2D eigenvalue weighted by Gasteiger charge is -2.36. The number of hydrogen-bond donors (Lipinski definition) is 1. The number of dihydropyridines is 1. The Morgan fingerprint density at radius 3 is 2.24 bits per heavy atom. The van der Waals surface area contributed by atoms with Crippen molar-refractivity contribution >= 4 is 11.8 Å². The van der Waals surface area contributed by atoms with Gasteiger partial charge in [-0.15, -0.1) is 0 Å². The number of hydrogen-bond acceptors (Lipinski definition) is 5. The minimum absolute atomic E-state index is 0.0577. The lowest BCUT2D eigenvalue weighted by molar-refractivity contribution is -0.140. The summed E-state index contributed by atoms with van der Waals surface area (Å²) in [5.74, 6) is -0.0123. The van der Waals surface area contributed by atoms with Gasteiger partial charge in [-0.25, -0.2) is 4.79 Å². The van der Waals surface area contributed by atoms with Crippen LogP contribution in [0.2, 0.25) is 0 Å². The number of carbonyl (C=O) groups excluding carboxylic acids is 2. The molecule has 188 valence electrons. The summed E-state index contributed by atoms with van der Waals surface area (Å²) in [6, 6.07) is 27.4. The first-order chi connectivity index (χ1) is 18.0. The number of Topliss-reactive ketones (excluding diaryl/α,β-unsaturated/α-hetero) is 1. The van der Waals surface area contributed by atoms with E-state index < -0.39 is 11.9 Å². The van der Waals surface area contributed by atoms with Crippen molar-refractivity contribution in [1.29, 1.82) is 0 Å². The minimum atomic E-state index is -0.501. The second kappa shape index (κ2) is 10.9. The molecule has 3 aromatic rings. The highest BCUT2D eigenvalue weighted by atomic mass is 16.5. The van der Waals surface area contributed by atoms with Crippen LogP contribution >= 0.6 is 0 Å². The van der Waals surface area contributed by atoms with Crippen LogP contribution in [0.15, 0.2) is 107 Å². The smallest absolute Gasteiger partial charge is 0.337 e. The predicted octanol–water partition coefficient (Wildman–Crippen LogP) is 6.19. The van der Waals surface area contributed by atoms with Crippen molar-refractivity contribution in [1.82, 2.24) is 5.32 Å². The lowest BCUT2D eigenvalue weighted by atomic mass is 9.72. The largest absolute Gasteiger partial charge is 0.494 e. The van der Waals surface area contributed by atoms with Gasteiger partial charge < -0.3 is 14.8 Å². The second-order valence-electron chi connectivity index (χ2n) is 9.49. The lowest BCUT2D eigenvalue weighted by Crippen LogP contribution is -2.36. The fourth-order valence-electron chi connectivity index (χ4n) is 5.33. The van der Waals surface area contributed by atoms with Gasteiger partial charge in [0.25, 0.3) is 0 Å². The van der Waals surface area contributed by atoms with Crippen LogP contribution in [0.25, 0.3) is 0 Å². The quantitative estimate of drug-likeness (QED) is 0.398. The van der Waals surface area contributed by atoms with E-state index >= 15 is 0 Å². The molecule has 1 heterocycles. The molecule has 0 fully saturated rings. The molecule has 0 aromatic heterocycles. The fourth-order valence-corrected chi connectivity index (χ4v) is 5.33. The van der Waals surface area contributed by atoms with Crippen LogP contribution in [0.5, 0.6) is 5.75 Å². The molecule has 0 spiro atoms. The summed E-state index contributed by atoms with van der Waals surface area (Å²) in [6.45, 7) is 4.56. The van der Waals surface area contributed by atoms with Crippen LogP contribution in [0, 0.1) is 0 Å². The first kappa shape index (κ1) is 24.6. The highest BCUT2D eigenvalue weighted by molar-refractivity contribution is 6.04. The number of esters is 1. The molecule has 0 amide bonds. The number of ketones is 1. The number of ether oxygens (including phenoxy) is 2. The van der Waals surface area contributed by atoms with Gasteiger partial charge in [0.2, 0.25) is 0 Å². The second-order valence-corrected chi connectivity index (χ2v) is 9.49. The SMILES string of the molecule is CCOc1ccc([C@@H]2C(C(=O)OCc3ccccc3)=C(C)NC3=C2C(=O)C[C@H](c2ccccc2)C3)cc1. The van der Waals surface area contributed by atoms with Gasteiger partial charge in [-0.05, 0) is 55.0 Å². The Balaban J connectivity index is 1.51. The molecule has 0 saturated carbocycles. The summed E-state index contributed by atoms with van der Waals surface area (Å²) in [4.78, 5) is 27.2. The Labute approximate surface area is 217 Å². The minimum Gasteiger partial charge on any atom is -0.494 e. The third-order valence-electron chi connectivity index (χ3n) is 7.06. The van der Waals surface area contributed by atoms with Crippen molar-refractivity contribution in [3.63, 3.8) is 0 Å². The van der Waals surface area contributed by atoms with E-state index in [1.165, 1.54) is 0 Å². The number of allylic oxidation sites excluding steroid dienone is 3. The van der Waals surface area contributed by atoms with E-state index in [-0.39, 0.29) is 18.3 Å². The predicted molar refractivity (Wildman–Crippen MR) is 143 cm³/mol. The van der Waals surface area contributed by atoms with E-state index in [4.69, 9.17) is 9.47 Å². The molecule has 5 nitrogen and oxygen atoms in total. The molecular formula is C32H31NO4. The first-order valence-electron chi connectivity index (χ1n) is 12.8. The Morgan fingerprint density at radius 2 is 1.57 bits per heavy atom. The van der Waals surface area contributed by atoms with E-state index in [0.29, 0.717) is 30.6 Å². The van der Waals surface area contributed by atoms with E-state index in [1.807, 2.05) is 86.6 Å². The topological polar surface area (TPSA) is 64.6 Å². The Hall–Kier alpha value is -4.12. The standard InChI is InChI=1S/C32H31NO4/c1-3-36-26-16-14-24(15-17-26)30-29(32(35)37-20-22-10-6-4-7-11-22)21(2)33-27-18-25(19-28(34)31(27)30)23-12-8-5-9-13-23/h4-17,25,30,33H,3,18-20H2,1-2H3/t25-,30-/m1/s1. The third-order valence-corrected chi connectivity index (χ3v) is 7.06. The van der Waals surface area contributed by atoms with Crippen molar-refractivity contribution in [2.24, 2.45) is 0 Å². The summed E-state index contributed by atoms with van der Waals surface area (Å²) in [5, 5.41) is 3.42. The molecule has 0 saturated heterocycles. The molecule has 1 N–H and O–H groups in total. The Bertz CT molecular complexity index is 1340. The monoisotopic (exact) mass is 493 g/mol. The third kappa shape index (κ3) is 5.21. The van der Waals surface area contributed by atoms with E-state index in [0.717, 1.165) is 33.8 Å². The Morgan fingerprint density at radius 1 is 0.892 bits per heavy atom. The number of carbonyl (C=O) groups is 2. The molecular weight excluding hydrogens is 462 g/mol. The van der Waals surface area contributed by atoms with Gasteiger partial charge in [0.05, 0.1) is 12.2 Å². The molecule has 2 aliphatic rings. The molecule has 5 heteroatoms. The summed E-state index contributed by atoms with van der Waals surface area (Å²) < 4.78 is 11.4. The van der Waals surface area contributed by atoms with Crippen LogP contribution in [-0.2, 0) is 20.9 Å². The van der Waals surface area contributed by atoms with Crippen LogP contribution in [0.3, 0.4) is 0 Å². The highest BCUT2D eigenvalue weighted by Crippen LogP contribution is 2.46. The maximum Gasteiger partial charge on any atom is 0.337 e. The zero-order valence-electron chi connectivity index (χ0n) is 21.2. The molecule has 5 rings (SSSR count). The average Bonchev–Trinajstić information content (AvgIpc) is 2.92. The van der Waals surface area contributed by atoms with Crippen molar-refractivity contribution in [3.8, 4) is 5.75 Å². The molecule has 37 heavy (non-hydrogen) atoms. The van der Waals surface area contributed by atoms with Gasteiger partial charge >= 0.3 is 5.97 Å². The number of nitrogens with one attached hydrogen (secondary N) is 1. The van der Waals surface area contributed by atoms with Gasteiger partial charge in [-0.2, -0.15) is 0 Å². The van der Waals surface area contributed by atoms with Crippen molar-refractivity contribution in [2.45, 2.75) is 45.1 Å². The molecule has 0 radical (unpaired) electrons. The van der Waals surface area contributed by atoms with Gasteiger partial charge in [-0.1, -0.05) is 72.8 Å². The summed E-state index contributed by atoms with van der Waals surface area (Å²) in [5.41, 5.74) is 5.68. The summed E-state index contributed by atoms with van der Waals surface area (Å²) >= 11 is 0. The maximum absolute atomic E-state index is 13.7. The summed E-state index contributed by atoms with van der Waals surface area (Å²) in [7, 11) is 0. The average molecular weight is 494 g/mol. The van der Waals surface area contributed by atoms with Gasteiger partial charge in [0, 0.05) is 29.3 Å². The molecule has 1 aliphatic heterocycles. The molecule has 0 bridgehead atoms. The first-order valence-corrected chi connectivity index (χ1v) is 12.8. The van der Waals surface area contributed by atoms with Crippen molar-refractivity contribution in [3.05, 3.63) is 124 Å². The van der Waals surface area contributed by atoms with Gasteiger partial charge in [0.1, 0.15) is 12.4 Å². The fraction of sp³-hybridized carbons (Fsp3) is 0.250. The van der Waals surface area contributed by atoms with Crippen molar-refractivity contribution < 1.29 is 19.1 Å². The zero-order valence-corrected chi connectivity index (χ0v) is 21.2. The van der Waals surface area contributed by atoms with E-state index in [9.17, 15) is 9.59 Å². The maximum atomic E-state index is 13.7. The molecule has 2 atom stereocenters. The normalized spacial score (nSPS) is 19.2. The summed E-state index contributed by atoms with van der Waals surface area (Å²) in [6.07, 6.45) is 1.12. The van der Waals surface area contributed by atoms with E-state index in [2.05, 4.69) is 17.4 Å². The zero-order chi connectivity index (χ0) is 25.8. The highest BCUT2D eigenvalue weighted by Gasteiger charge is 2.41.